The van der Waals surface area contributed by atoms with Gasteiger partial charge in [-0.2, -0.15) is 35.1 Å². The van der Waals surface area contributed by atoms with Gasteiger partial charge in [-0.15, -0.1) is 0 Å². The molecule has 1 fully saturated rings. The van der Waals surface area contributed by atoms with Crippen LogP contribution in [0.4, 0.5) is 40.9 Å². The molecule has 0 radical (unpaired) electrons. The van der Waals surface area contributed by atoms with E-state index in [9.17, 15) is 39.9 Å². The second-order valence-electron chi connectivity index (χ2n) is 7.69. The fraction of sp³-hybridized carbons (Fsp3) is 0.429. The number of rotatable bonds is 6. The van der Waals surface area contributed by atoms with E-state index < -0.39 is 35.9 Å². The summed E-state index contributed by atoms with van der Waals surface area (Å²) in [5.41, 5.74) is -0.737. The lowest BCUT2D eigenvalue weighted by atomic mass is 10.1. The van der Waals surface area contributed by atoms with Crippen molar-refractivity contribution in [2.45, 2.75) is 43.8 Å². The fourth-order valence-corrected chi connectivity index (χ4v) is 3.32. The van der Waals surface area contributed by atoms with E-state index in [0.29, 0.717) is 18.7 Å². The fourth-order valence-electron chi connectivity index (χ4n) is 3.32. The Morgan fingerprint density at radius 3 is 2.29 bits per heavy atom. The van der Waals surface area contributed by atoms with Crippen LogP contribution >= 0.6 is 0 Å². The molecule has 1 aromatic carbocycles. The number of aromatic nitrogens is 1. The van der Waals surface area contributed by atoms with Crippen LogP contribution in [0.15, 0.2) is 42.5 Å². The summed E-state index contributed by atoms with van der Waals surface area (Å²) < 4.78 is 108. The first-order valence-corrected chi connectivity index (χ1v) is 10.00. The zero-order valence-corrected chi connectivity index (χ0v) is 17.6. The normalized spacial score (nSPS) is 18.0. The third kappa shape index (κ3) is 5.68. The smallest absolute Gasteiger partial charge is 0.463 e. The summed E-state index contributed by atoms with van der Waals surface area (Å²) in [6.45, 7) is 1.93. The van der Waals surface area contributed by atoms with E-state index in [2.05, 4.69) is 4.98 Å². The molecule has 0 saturated carbocycles. The molecule has 34 heavy (non-hydrogen) atoms. The van der Waals surface area contributed by atoms with E-state index in [4.69, 9.17) is 4.74 Å². The molecule has 1 saturated heterocycles. The lowest BCUT2D eigenvalue weighted by molar-refractivity contribution is -0.270. The van der Waals surface area contributed by atoms with Gasteiger partial charge in [-0.05, 0) is 36.8 Å². The predicted octanol–water partition coefficient (Wildman–Crippen LogP) is 5.13. The van der Waals surface area contributed by atoms with Gasteiger partial charge in [-0.1, -0.05) is 18.2 Å². The van der Waals surface area contributed by atoms with E-state index in [1.165, 1.54) is 43.3 Å². The van der Waals surface area contributed by atoms with E-state index in [1.54, 1.807) is 10.2 Å². The van der Waals surface area contributed by atoms with Gasteiger partial charge in [0.05, 0.1) is 12.6 Å². The van der Waals surface area contributed by atoms with Gasteiger partial charge in [0.1, 0.15) is 23.4 Å². The Bertz CT molecular complexity index is 1010. The van der Waals surface area contributed by atoms with Crippen molar-refractivity contribution in [1.29, 1.82) is 0 Å². The first-order chi connectivity index (χ1) is 15.7. The number of pyridine rings is 1. The van der Waals surface area contributed by atoms with Gasteiger partial charge in [0.2, 0.25) is 0 Å². The SMILES string of the molecule is C[C@H](NC(=O)C(F)(F)C(F)(F)F)c1ccc(O[C@@H]2CCN(c3cccc(C(F)(F)F)n3)C2)cc1. The summed E-state index contributed by atoms with van der Waals surface area (Å²) in [5, 5.41) is 1.63. The second-order valence-corrected chi connectivity index (χ2v) is 7.69. The van der Waals surface area contributed by atoms with Crippen LogP contribution in [0.1, 0.15) is 30.6 Å². The summed E-state index contributed by atoms with van der Waals surface area (Å²) in [4.78, 5) is 16.6. The average Bonchev–Trinajstić information content (AvgIpc) is 3.21. The molecule has 1 aliphatic heterocycles. The molecule has 0 aliphatic carbocycles. The molecule has 3 rings (SSSR count). The number of hydrogen-bond donors (Lipinski definition) is 1. The number of anilines is 1. The van der Waals surface area contributed by atoms with Crippen LogP contribution < -0.4 is 15.0 Å². The summed E-state index contributed by atoms with van der Waals surface area (Å²) in [6, 6.07) is 8.16. The number of carbonyl (C=O) groups is 1. The number of benzene rings is 1. The van der Waals surface area contributed by atoms with E-state index >= 15 is 0 Å². The Kier molecular flexibility index (Phi) is 6.94. The highest BCUT2D eigenvalue weighted by atomic mass is 19.4. The van der Waals surface area contributed by atoms with Crippen molar-refractivity contribution < 1.29 is 44.7 Å². The Balaban J connectivity index is 1.58. The van der Waals surface area contributed by atoms with Crippen LogP contribution in [0.3, 0.4) is 0 Å². The maximum Gasteiger partial charge on any atom is 0.463 e. The monoisotopic (exact) mass is 497 g/mol. The van der Waals surface area contributed by atoms with Crippen molar-refractivity contribution in [2.75, 3.05) is 18.0 Å². The molecule has 5 nitrogen and oxygen atoms in total. The van der Waals surface area contributed by atoms with Crippen molar-refractivity contribution in [3.63, 3.8) is 0 Å². The van der Waals surface area contributed by atoms with E-state index in [0.717, 1.165) is 6.07 Å². The van der Waals surface area contributed by atoms with Gasteiger partial charge in [0, 0.05) is 13.0 Å². The standard InChI is InChI=1S/C21H19F8N3O2/c1-12(30-18(33)19(22,23)21(27,28)29)13-5-7-14(8-6-13)34-15-9-10-32(11-15)17-4-2-3-16(31-17)20(24,25)26/h2-8,12,15H,9-11H2,1H3,(H,30,33)/t12-,15+/m0/s1. The molecule has 2 aromatic rings. The minimum atomic E-state index is -6.01. The Hall–Kier alpha value is -3.12. The van der Waals surface area contributed by atoms with Gasteiger partial charge >= 0.3 is 24.2 Å². The molecule has 2 atom stereocenters. The van der Waals surface area contributed by atoms with Gasteiger partial charge in [0.15, 0.2) is 0 Å². The molecule has 186 valence electrons. The van der Waals surface area contributed by atoms with Gasteiger partial charge in [0.25, 0.3) is 0 Å². The Labute approximate surface area is 188 Å². The van der Waals surface area contributed by atoms with E-state index in [-0.39, 0.29) is 24.0 Å². The van der Waals surface area contributed by atoms with Crippen molar-refractivity contribution in [3.8, 4) is 5.75 Å². The molecule has 0 bridgehead atoms. The number of carbonyl (C=O) groups excluding carboxylic acids is 1. The third-order valence-electron chi connectivity index (χ3n) is 5.17. The van der Waals surface area contributed by atoms with Crippen molar-refractivity contribution in [3.05, 3.63) is 53.7 Å². The predicted molar refractivity (Wildman–Crippen MR) is 104 cm³/mol. The highest BCUT2D eigenvalue weighted by Gasteiger charge is 2.63. The van der Waals surface area contributed by atoms with Crippen LogP contribution in [-0.2, 0) is 11.0 Å². The number of amides is 1. The topological polar surface area (TPSA) is 54.5 Å². The quantitative estimate of drug-likeness (QED) is 0.563. The van der Waals surface area contributed by atoms with Gasteiger partial charge in [-0.25, -0.2) is 4.98 Å². The van der Waals surface area contributed by atoms with Crippen LogP contribution in [0.25, 0.3) is 0 Å². The van der Waals surface area contributed by atoms with Crippen LogP contribution in [-0.4, -0.2) is 42.2 Å². The molecule has 1 aliphatic rings. The lowest BCUT2D eigenvalue weighted by Crippen LogP contribution is -2.50. The zero-order chi connectivity index (χ0) is 25.3. The highest BCUT2D eigenvalue weighted by Crippen LogP contribution is 2.36. The molecule has 1 amide bonds. The van der Waals surface area contributed by atoms with Crippen molar-refractivity contribution >= 4 is 11.7 Å². The van der Waals surface area contributed by atoms with Crippen LogP contribution in [0.2, 0.25) is 0 Å². The average molecular weight is 497 g/mol. The molecule has 1 aromatic heterocycles. The number of nitrogens with zero attached hydrogens (tertiary/aromatic N) is 2. The molecule has 0 unspecified atom stereocenters. The minimum Gasteiger partial charge on any atom is -0.489 e. The van der Waals surface area contributed by atoms with Gasteiger partial charge < -0.3 is 15.0 Å². The number of ether oxygens (including phenoxy) is 1. The third-order valence-corrected chi connectivity index (χ3v) is 5.17. The minimum absolute atomic E-state index is 0.163. The van der Waals surface area contributed by atoms with E-state index in [1.807, 2.05) is 0 Å². The number of alkyl halides is 8. The van der Waals surface area contributed by atoms with Crippen LogP contribution in [0.5, 0.6) is 5.75 Å². The lowest BCUT2D eigenvalue weighted by Gasteiger charge is -2.22. The largest absolute Gasteiger partial charge is 0.489 e. The van der Waals surface area contributed by atoms with Gasteiger partial charge in [-0.3, -0.25) is 4.79 Å². The summed E-state index contributed by atoms with van der Waals surface area (Å²) in [5.74, 6) is -7.46. The molecule has 1 N–H and O–H groups in total. The summed E-state index contributed by atoms with van der Waals surface area (Å²) in [7, 11) is 0. The van der Waals surface area contributed by atoms with Crippen molar-refractivity contribution in [2.24, 2.45) is 0 Å². The summed E-state index contributed by atoms with van der Waals surface area (Å²) >= 11 is 0. The zero-order valence-electron chi connectivity index (χ0n) is 17.6. The Morgan fingerprint density at radius 2 is 1.71 bits per heavy atom. The Morgan fingerprint density at radius 1 is 1.06 bits per heavy atom. The van der Waals surface area contributed by atoms with Crippen LogP contribution in [0, 0.1) is 0 Å². The maximum absolute atomic E-state index is 13.1. The van der Waals surface area contributed by atoms with Crippen molar-refractivity contribution in [1.82, 2.24) is 10.3 Å². The summed E-state index contributed by atoms with van der Waals surface area (Å²) in [6.07, 6.45) is -10.4. The molecule has 13 heteroatoms. The number of halogens is 8. The first kappa shape index (κ1) is 25.5. The molecular formula is C21H19F8N3O2. The second kappa shape index (κ2) is 9.26. The maximum atomic E-state index is 13.1. The first-order valence-electron chi connectivity index (χ1n) is 10.00. The number of hydrogen-bond acceptors (Lipinski definition) is 4. The molecule has 0 spiro atoms. The highest BCUT2D eigenvalue weighted by molar-refractivity contribution is 5.84. The molecule has 2 heterocycles. The molecular weight excluding hydrogens is 478 g/mol. The number of nitrogens with one attached hydrogen (secondary N) is 1.